The quantitative estimate of drug-likeness (QED) is 0.797. The van der Waals surface area contributed by atoms with Crippen LogP contribution in [-0.2, 0) is 10.0 Å². The van der Waals surface area contributed by atoms with Gasteiger partial charge in [-0.2, -0.15) is 0 Å². The summed E-state index contributed by atoms with van der Waals surface area (Å²) in [7, 11) is -3.56. The summed E-state index contributed by atoms with van der Waals surface area (Å²) in [6.07, 6.45) is 1.95. The van der Waals surface area contributed by atoms with Gasteiger partial charge < -0.3 is 5.32 Å². The third kappa shape index (κ3) is 4.15. The van der Waals surface area contributed by atoms with Crippen LogP contribution >= 0.6 is 11.8 Å². The van der Waals surface area contributed by atoms with Gasteiger partial charge in [0.15, 0.2) is 0 Å². The number of nitrogens with one attached hydrogen (secondary N) is 2. The number of rotatable bonds is 6. The van der Waals surface area contributed by atoms with Gasteiger partial charge in [0.1, 0.15) is 0 Å². The molecule has 0 aromatic heterocycles. The van der Waals surface area contributed by atoms with Crippen LogP contribution in [0.15, 0.2) is 58.3 Å². The lowest BCUT2D eigenvalue weighted by molar-refractivity contribution is 0.601. The second kappa shape index (κ2) is 6.87. The maximum atomic E-state index is 12.3. The van der Waals surface area contributed by atoms with E-state index in [4.69, 9.17) is 0 Å². The number of thioether (sulfide) groups is 1. The minimum Gasteiger partial charge on any atom is -0.385 e. The normalized spacial score (nSPS) is 11.1. The van der Waals surface area contributed by atoms with E-state index in [-0.39, 0.29) is 4.90 Å². The highest BCUT2D eigenvalue weighted by molar-refractivity contribution is 7.98. The highest BCUT2D eigenvalue weighted by atomic mass is 32.2. The minimum atomic E-state index is -3.56. The fourth-order valence-corrected chi connectivity index (χ4v) is 3.37. The van der Waals surface area contributed by atoms with E-state index in [0.717, 1.165) is 17.1 Å². The Hall–Kier alpha value is -1.66. The third-order valence-electron chi connectivity index (χ3n) is 2.87. The fourth-order valence-electron chi connectivity index (χ4n) is 1.86. The molecule has 0 bridgehead atoms. The molecule has 0 spiro atoms. The first-order chi connectivity index (χ1) is 10.0. The first-order valence-corrected chi connectivity index (χ1v) is 9.27. The van der Waals surface area contributed by atoms with E-state index in [9.17, 15) is 8.42 Å². The molecule has 2 rings (SSSR count). The molecule has 0 radical (unpaired) electrons. The molecule has 0 aliphatic heterocycles. The standard InChI is InChI=1S/C15H18N2O2S2/c1-3-16-12-7-9-15(10-8-12)21(18,19)17-13-5-4-6-14(11-13)20-2/h4-11,16-17H,3H2,1-2H3. The van der Waals surface area contributed by atoms with Gasteiger partial charge in [-0.3, -0.25) is 4.72 Å². The number of sulfonamides is 1. The summed E-state index contributed by atoms with van der Waals surface area (Å²) in [5.41, 5.74) is 1.47. The third-order valence-corrected chi connectivity index (χ3v) is 4.99. The Labute approximate surface area is 130 Å². The predicted molar refractivity (Wildman–Crippen MR) is 89.6 cm³/mol. The van der Waals surface area contributed by atoms with Crippen LogP contribution in [-0.4, -0.2) is 21.2 Å². The smallest absolute Gasteiger partial charge is 0.261 e. The molecule has 0 aliphatic rings. The van der Waals surface area contributed by atoms with Gasteiger partial charge >= 0.3 is 0 Å². The van der Waals surface area contributed by atoms with Crippen molar-refractivity contribution in [3.05, 3.63) is 48.5 Å². The molecule has 0 amide bonds. The molecule has 2 aromatic carbocycles. The summed E-state index contributed by atoms with van der Waals surface area (Å²) in [5, 5.41) is 3.13. The molecule has 0 unspecified atom stereocenters. The zero-order valence-electron chi connectivity index (χ0n) is 12.0. The molecule has 0 atom stereocenters. The number of benzene rings is 2. The van der Waals surface area contributed by atoms with Crippen LogP contribution in [0.4, 0.5) is 11.4 Å². The van der Waals surface area contributed by atoms with Crippen molar-refractivity contribution < 1.29 is 8.42 Å². The Kier molecular flexibility index (Phi) is 5.14. The molecule has 2 aromatic rings. The van der Waals surface area contributed by atoms with Gasteiger partial charge in [-0.25, -0.2) is 8.42 Å². The van der Waals surface area contributed by atoms with Gasteiger partial charge in [0.2, 0.25) is 0 Å². The van der Waals surface area contributed by atoms with E-state index in [0.29, 0.717) is 5.69 Å². The van der Waals surface area contributed by atoms with E-state index in [2.05, 4.69) is 10.0 Å². The lowest BCUT2D eigenvalue weighted by Gasteiger charge is -2.10. The highest BCUT2D eigenvalue weighted by Gasteiger charge is 2.14. The maximum absolute atomic E-state index is 12.3. The average Bonchev–Trinajstić information content (AvgIpc) is 2.48. The van der Waals surface area contributed by atoms with Crippen LogP contribution in [0.5, 0.6) is 0 Å². The lowest BCUT2D eigenvalue weighted by Crippen LogP contribution is -2.13. The summed E-state index contributed by atoms with van der Waals surface area (Å²) < 4.78 is 27.3. The fraction of sp³-hybridized carbons (Fsp3) is 0.200. The van der Waals surface area contributed by atoms with Gasteiger partial charge in [-0.1, -0.05) is 6.07 Å². The minimum absolute atomic E-state index is 0.249. The van der Waals surface area contributed by atoms with Crippen molar-refractivity contribution >= 4 is 33.2 Å². The van der Waals surface area contributed by atoms with Crippen LogP contribution in [0.1, 0.15) is 6.92 Å². The Balaban J connectivity index is 2.21. The second-order valence-corrected chi connectivity index (χ2v) is 6.95. The van der Waals surface area contributed by atoms with Crippen LogP contribution in [0.3, 0.4) is 0 Å². The van der Waals surface area contributed by atoms with E-state index in [1.54, 1.807) is 42.1 Å². The van der Waals surface area contributed by atoms with Crippen molar-refractivity contribution in [2.24, 2.45) is 0 Å². The summed E-state index contributed by atoms with van der Waals surface area (Å²) in [6, 6.07) is 14.0. The highest BCUT2D eigenvalue weighted by Crippen LogP contribution is 2.22. The molecule has 4 nitrogen and oxygen atoms in total. The molecule has 0 saturated carbocycles. The summed E-state index contributed by atoms with van der Waals surface area (Å²) in [4.78, 5) is 1.26. The van der Waals surface area contributed by atoms with Gasteiger partial charge in [0.05, 0.1) is 4.90 Å². The van der Waals surface area contributed by atoms with Crippen molar-refractivity contribution in [1.29, 1.82) is 0 Å². The summed E-state index contributed by atoms with van der Waals surface area (Å²) >= 11 is 1.57. The Morgan fingerprint density at radius 2 is 1.76 bits per heavy atom. The predicted octanol–water partition coefficient (Wildman–Crippen LogP) is 3.64. The zero-order chi connectivity index (χ0) is 15.3. The van der Waals surface area contributed by atoms with Crippen molar-refractivity contribution in [2.75, 3.05) is 22.8 Å². The zero-order valence-corrected chi connectivity index (χ0v) is 13.6. The first-order valence-electron chi connectivity index (χ1n) is 6.56. The van der Waals surface area contributed by atoms with Crippen molar-refractivity contribution in [2.45, 2.75) is 16.7 Å². The lowest BCUT2D eigenvalue weighted by atomic mass is 10.3. The summed E-state index contributed by atoms with van der Waals surface area (Å²) in [6.45, 7) is 2.79. The van der Waals surface area contributed by atoms with E-state index >= 15 is 0 Å². The van der Waals surface area contributed by atoms with Gasteiger partial charge in [0.25, 0.3) is 10.0 Å². The van der Waals surface area contributed by atoms with Crippen LogP contribution in [0, 0.1) is 0 Å². The van der Waals surface area contributed by atoms with Gasteiger partial charge in [-0.15, -0.1) is 11.8 Å². The van der Waals surface area contributed by atoms with Crippen LogP contribution in [0.25, 0.3) is 0 Å². The maximum Gasteiger partial charge on any atom is 0.261 e. The molecular formula is C15H18N2O2S2. The number of anilines is 2. The van der Waals surface area contributed by atoms with E-state index in [1.165, 1.54) is 0 Å². The van der Waals surface area contributed by atoms with E-state index < -0.39 is 10.0 Å². The second-order valence-electron chi connectivity index (χ2n) is 4.39. The molecule has 21 heavy (non-hydrogen) atoms. The molecule has 0 heterocycles. The van der Waals surface area contributed by atoms with Crippen molar-refractivity contribution in [3.8, 4) is 0 Å². The van der Waals surface area contributed by atoms with Gasteiger partial charge in [0, 0.05) is 22.8 Å². The van der Waals surface area contributed by atoms with Crippen LogP contribution in [0.2, 0.25) is 0 Å². The molecular weight excluding hydrogens is 304 g/mol. The van der Waals surface area contributed by atoms with Crippen molar-refractivity contribution in [1.82, 2.24) is 0 Å². The monoisotopic (exact) mass is 322 g/mol. The van der Waals surface area contributed by atoms with E-state index in [1.807, 2.05) is 31.4 Å². The molecule has 0 aliphatic carbocycles. The first kappa shape index (κ1) is 15.7. The Bertz CT molecular complexity index is 698. The molecule has 6 heteroatoms. The topological polar surface area (TPSA) is 58.2 Å². The molecule has 0 fully saturated rings. The van der Waals surface area contributed by atoms with Crippen LogP contribution < -0.4 is 10.0 Å². The average molecular weight is 322 g/mol. The molecule has 112 valence electrons. The molecule has 2 N–H and O–H groups in total. The summed E-state index contributed by atoms with van der Waals surface area (Å²) in [5.74, 6) is 0. The largest absolute Gasteiger partial charge is 0.385 e. The molecule has 0 saturated heterocycles. The SMILES string of the molecule is CCNc1ccc(S(=O)(=O)Nc2cccc(SC)c2)cc1. The van der Waals surface area contributed by atoms with Crippen molar-refractivity contribution in [3.63, 3.8) is 0 Å². The number of hydrogen-bond donors (Lipinski definition) is 2. The number of hydrogen-bond acceptors (Lipinski definition) is 4. The van der Waals surface area contributed by atoms with Gasteiger partial charge in [-0.05, 0) is 55.6 Å². The Morgan fingerprint density at radius 3 is 2.38 bits per heavy atom. The Morgan fingerprint density at radius 1 is 1.05 bits per heavy atom.